The maximum Gasteiger partial charge on any atom is 0.227 e. The third kappa shape index (κ3) is 5.06. The lowest BCUT2D eigenvalue weighted by atomic mass is 9.97. The van der Waals surface area contributed by atoms with Gasteiger partial charge in [0.25, 0.3) is 0 Å². The molecule has 2 amide bonds. The van der Waals surface area contributed by atoms with Gasteiger partial charge in [0.1, 0.15) is 0 Å². The second-order valence-corrected chi connectivity index (χ2v) is 6.60. The highest BCUT2D eigenvalue weighted by molar-refractivity contribution is 5.91. The lowest BCUT2D eigenvalue weighted by molar-refractivity contribution is -0.130. The maximum absolute atomic E-state index is 12.1. The van der Waals surface area contributed by atoms with Crippen molar-refractivity contribution in [2.24, 2.45) is 0 Å². The molecule has 24 heavy (non-hydrogen) atoms. The lowest BCUT2D eigenvalue weighted by Crippen LogP contribution is -2.31. The van der Waals surface area contributed by atoms with E-state index in [0.717, 1.165) is 18.4 Å². The first kappa shape index (κ1) is 18.5. The Hall–Kier alpha value is -1.88. The van der Waals surface area contributed by atoms with Crippen LogP contribution in [0, 0.1) is 0 Å². The molecule has 2 N–H and O–H groups in total. The number of benzene rings is 1. The zero-order chi connectivity index (χ0) is 17.6. The molecule has 1 aromatic carbocycles. The number of hydrogen-bond acceptors (Lipinski definition) is 3. The summed E-state index contributed by atoms with van der Waals surface area (Å²) in [6.07, 6.45) is 3.89. The summed E-state index contributed by atoms with van der Waals surface area (Å²) in [4.78, 5) is 26.0. The fourth-order valence-corrected chi connectivity index (χ4v) is 3.28. The van der Waals surface area contributed by atoms with E-state index >= 15 is 0 Å². The number of carbonyl (C=O) groups excluding carboxylic acids is 2. The van der Waals surface area contributed by atoms with E-state index in [9.17, 15) is 14.7 Å². The van der Waals surface area contributed by atoms with Crippen LogP contribution in [-0.4, -0.2) is 40.5 Å². The monoisotopic (exact) mass is 332 g/mol. The molecule has 0 aliphatic heterocycles. The molecule has 132 valence electrons. The number of carbonyl (C=O) groups is 2. The van der Waals surface area contributed by atoms with Crippen LogP contribution in [0.5, 0.6) is 0 Å². The van der Waals surface area contributed by atoms with E-state index in [-0.39, 0.29) is 18.2 Å². The van der Waals surface area contributed by atoms with Crippen molar-refractivity contribution in [2.75, 3.05) is 18.4 Å². The van der Waals surface area contributed by atoms with E-state index in [0.29, 0.717) is 38.0 Å². The van der Waals surface area contributed by atoms with Crippen molar-refractivity contribution in [2.45, 2.75) is 58.0 Å². The molecule has 5 heteroatoms. The number of hydrogen-bond donors (Lipinski definition) is 2. The predicted molar refractivity (Wildman–Crippen MR) is 94.7 cm³/mol. The second-order valence-electron chi connectivity index (χ2n) is 6.60. The lowest BCUT2D eigenvalue weighted by Gasteiger charge is -2.21. The SMILES string of the molecule is CCN(CC)C(=O)Cc1ccc(NC(=O)CC2(O)CCCC2)cc1. The fourth-order valence-electron chi connectivity index (χ4n) is 3.28. The summed E-state index contributed by atoms with van der Waals surface area (Å²) in [5.74, 6) is -0.0494. The first-order valence-electron chi connectivity index (χ1n) is 8.84. The summed E-state index contributed by atoms with van der Waals surface area (Å²) in [5, 5.41) is 13.1. The Labute approximate surface area is 144 Å². The van der Waals surface area contributed by atoms with Crippen LogP contribution in [0.25, 0.3) is 0 Å². The summed E-state index contributed by atoms with van der Waals surface area (Å²) in [6, 6.07) is 7.34. The van der Waals surface area contributed by atoms with Crippen molar-refractivity contribution in [3.8, 4) is 0 Å². The summed E-state index contributed by atoms with van der Waals surface area (Å²) < 4.78 is 0. The third-order valence-corrected chi connectivity index (χ3v) is 4.73. The molecule has 5 nitrogen and oxygen atoms in total. The topological polar surface area (TPSA) is 69.6 Å². The first-order valence-corrected chi connectivity index (χ1v) is 8.84. The largest absolute Gasteiger partial charge is 0.389 e. The van der Waals surface area contributed by atoms with Gasteiger partial charge in [-0.1, -0.05) is 25.0 Å². The Balaban J connectivity index is 1.87. The van der Waals surface area contributed by atoms with Crippen LogP contribution in [0.4, 0.5) is 5.69 Å². The highest BCUT2D eigenvalue weighted by Crippen LogP contribution is 2.32. The van der Waals surface area contributed by atoms with Crippen molar-refractivity contribution in [3.05, 3.63) is 29.8 Å². The fraction of sp³-hybridized carbons (Fsp3) is 0.579. The van der Waals surface area contributed by atoms with Gasteiger partial charge in [-0.25, -0.2) is 0 Å². The quantitative estimate of drug-likeness (QED) is 0.806. The van der Waals surface area contributed by atoms with Crippen molar-refractivity contribution < 1.29 is 14.7 Å². The Morgan fingerprint density at radius 2 is 1.71 bits per heavy atom. The predicted octanol–water partition coefficient (Wildman–Crippen LogP) is 2.73. The van der Waals surface area contributed by atoms with Crippen LogP contribution < -0.4 is 5.32 Å². The highest BCUT2D eigenvalue weighted by Gasteiger charge is 2.33. The summed E-state index contributed by atoms with van der Waals surface area (Å²) in [5.41, 5.74) is 0.792. The van der Waals surface area contributed by atoms with E-state index in [1.807, 2.05) is 26.0 Å². The Morgan fingerprint density at radius 1 is 1.12 bits per heavy atom. The number of aliphatic hydroxyl groups is 1. The number of likely N-dealkylation sites (N-methyl/N-ethyl adjacent to an activating group) is 1. The molecule has 0 atom stereocenters. The Kier molecular flexibility index (Phi) is 6.37. The van der Waals surface area contributed by atoms with Gasteiger partial charge in [-0.15, -0.1) is 0 Å². The maximum atomic E-state index is 12.1. The van der Waals surface area contributed by atoms with Gasteiger partial charge in [-0.3, -0.25) is 9.59 Å². The molecular formula is C19H28N2O3. The van der Waals surface area contributed by atoms with E-state index in [1.165, 1.54) is 0 Å². The minimum Gasteiger partial charge on any atom is -0.389 e. The van der Waals surface area contributed by atoms with Crippen molar-refractivity contribution in [1.29, 1.82) is 0 Å². The molecule has 0 saturated heterocycles. The van der Waals surface area contributed by atoms with Crippen molar-refractivity contribution >= 4 is 17.5 Å². The standard InChI is InChI=1S/C19H28N2O3/c1-3-21(4-2)18(23)13-15-7-9-16(10-8-15)20-17(22)14-19(24)11-5-6-12-19/h7-10,24H,3-6,11-14H2,1-2H3,(H,20,22). The molecule has 0 radical (unpaired) electrons. The Morgan fingerprint density at radius 3 is 2.25 bits per heavy atom. The van der Waals surface area contributed by atoms with Crippen LogP contribution in [-0.2, 0) is 16.0 Å². The first-order chi connectivity index (χ1) is 11.5. The smallest absolute Gasteiger partial charge is 0.227 e. The molecule has 1 saturated carbocycles. The number of nitrogens with zero attached hydrogens (tertiary/aromatic N) is 1. The number of anilines is 1. The van der Waals surface area contributed by atoms with E-state index in [4.69, 9.17) is 0 Å². The number of amides is 2. The van der Waals surface area contributed by atoms with E-state index in [1.54, 1.807) is 17.0 Å². The van der Waals surface area contributed by atoms with Crippen molar-refractivity contribution in [3.63, 3.8) is 0 Å². The van der Waals surface area contributed by atoms with Gasteiger partial charge in [0.15, 0.2) is 0 Å². The minimum absolute atomic E-state index is 0.111. The molecular weight excluding hydrogens is 304 g/mol. The van der Waals surface area contributed by atoms with E-state index in [2.05, 4.69) is 5.32 Å². The third-order valence-electron chi connectivity index (χ3n) is 4.73. The van der Waals surface area contributed by atoms with Crippen LogP contribution in [0.3, 0.4) is 0 Å². The van der Waals surface area contributed by atoms with Gasteiger partial charge in [0, 0.05) is 18.8 Å². The van der Waals surface area contributed by atoms with Crippen LogP contribution in [0.2, 0.25) is 0 Å². The van der Waals surface area contributed by atoms with Gasteiger partial charge < -0.3 is 15.3 Å². The van der Waals surface area contributed by atoms with Crippen molar-refractivity contribution in [1.82, 2.24) is 4.90 Å². The summed E-state index contributed by atoms with van der Waals surface area (Å²) in [7, 11) is 0. The zero-order valence-electron chi connectivity index (χ0n) is 14.7. The molecule has 0 unspecified atom stereocenters. The van der Waals surface area contributed by atoms with Crippen LogP contribution in [0.15, 0.2) is 24.3 Å². The van der Waals surface area contributed by atoms with Gasteiger partial charge in [0.2, 0.25) is 11.8 Å². The van der Waals surface area contributed by atoms with Gasteiger partial charge in [0.05, 0.1) is 18.4 Å². The molecule has 0 aromatic heterocycles. The summed E-state index contributed by atoms with van der Waals surface area (Å²) in [6.45, 7) is 5.37. The van der Waals surface area contributed by atoms with Gasteiger partial charge in [-0.2, -0.15) is 0 Å². The normalized spacial score (nSPS) is 16.0. The van der Waals surface area contributed by atoms with Crippen LogP contribution in [0.1, 0.15) is 51.5 Å². The molecule has 1 aliphatic rings. The van der Waals surface area contributed by atoms with Gasteiger partial charge in [-0.05, 0) is 44.4 Å². The van der Waals surface area contributed by atoms with Gasteiger partial charge >= 0.3 is 0 Å². The molecule has 0 heterocycles. The molecule has 0 spiro atoms. The number of rotatable bonds is 7. The zero-order valence-corrected chi connectivity index (χ0v) is 14.7. The highest BCUT2D eigenvalue weighted by atomic mass is 16.3. The molecule has 0 bridgehead atoms. The van der Waals surface area contributed by atoms with Crippen LogP contribution >= 0.6 is 0 Å². The Bertz CT molecular complexity index is 558. The molecule has 1 fully saturated rings. The average molecular weight is 332 g/mol. The minimum atomic E-state index is -0.833. The summed E-state index contributed by atoms with van der Waals surface area (Å²) >= 11 is 0. The molecule has 1 aliphatic carbocycles. The van der Waals surface area contributed by atoms with E-state index < -0.39 is 5.60 Å². The average Bonchev–Trinajstić information content (AvgIpc) is 2.96. The number of nitrogens with one attached hydrogen (secondary N) is 1. The molecule has 2 rings (SSSR count). The second kappa shape index (κ2) is 8.29. The molecule has 1 aromatic rings.